The van der Waals surface area contributed by atoms with Gasteiger partial charge in [0.2, 0.25) is 15.9 Å². The van der Waals surface area contributed by atoms with E-state index in [1.165, 1.54) is 12.2 Å². The summed E-state index contributed by atoms with van der Waals surface area (Å²) < 4.78 is 33.4. The van der Waals surface area contributed by atoms with Gasteiger partial charge >= 0.3 is 5.97 Å². The molecule has 1 aliphatic heterocycles. The lowest BCUT2D eigenvalue weighted by Crippen LogP contribution is -2.36. The fourth-order valence-corrected chi connectivity index (χ4v) is 4.57. The summed E-state index contributed by atoms with van der Waals surface area (Å²) in [7, 11) is -3.86. The highest BCUT2D eigenvalue weighted by Crippen LogP contribution is 2.21. The topological polar surface area (TPSA) is 102 Å². The number of ether oxygens (including phenoxy) is 1. The normalized spacial score (nSPS) is 18.1. The number of rotatable bonds is 8. The number of amides is 1. The highest BCUT2D eigenvalue weighted by atomic mass is 32.2. The van der Waals surface area contributed by atoms with Crippen LogP contribution in [0.25, 0.3) is 10.8 Å². The number of esters is 1. The molecular formula is C21H24N2O5S. The van der Waals surface area contributed by atoms with E-state index in [-0.39, 0.29) is 29.7 Å². The average molecular weight is 416 g/mol. The molecule has 0 spiro atoms. The van der Waals surface area contributed by atoms with Crippen LogP contribution in [0, 0.1) is 5.92 Å². The van der Waals surface area contributed by atoms with Gasteiger partial charge in [0, 0.05) is 24.6 Å². The predicted molar refractivity (Wildman–Crippen MR) is 110 cm³/mol. The first kappa shape index (κ1) is 21.0. The molecule has 0 bridgehead atoms. The number of benzene rings is 2. The van der Waals surface area contributed by atoms with E-state index in [2.05, 4.69) is 10.0 Å². The van der Waals surface area contributed by atoms with Crippen molar-refractivity contribution in [2.45, 2.75) is 30.7 Å². The van der Waals surface area contributed by atoms with Crippen molar-refractivity contribution in [2.24, 2.45) is 5.92 Å². The molecule has 29 heavy (non-hydrogen) atoms. The molecule has 1 saturated heterocycles. The largest absolute Gasteiger partial charge is 0.463 e. The second-order valence-electron chi connectivity index (χ2n) is 6.86. The first-order chi connectivity index (χ1) is 13.9. The van der Waals surface area contributed by atoms with Gasteiger partial charge in [-0.25, -0.2) is 17.9 Å². The molecule has 2 N–H and O–H groups in total. The van der Waals surface area contributed by atoms with Gasteiger partial charge in [0.25, 0.3) is 0 Å². The first-order valence-corrected chi connectivity index (χ1v) is 11.0. The quantitative estimate of drug-likeness (QED) is 0.507. The third kappa shape index (κ3) is 5.42. The van der Waals surface area contributed by atoms with Gasteiger partial charge in [0.15, 0.2) is 0 Å². The van der Waals surface area contributed by atoms with Gasteiger partial charge in [0.1, 0.15) is 0 Å². The van der Waals surface area contributed by atoms with Crippen molar-refractivity contribution in [2.75, 3.05) is 13.2 Å². The standard InChI is InChI=1S/C21H24N2O5S/c1-2-28-20(24)10-8-18(13-17-11-12-22-21(17)25)23-29(26,27)19-9-7-15-5-3-4-6-16(15)14-19/h3-10,14,17-18,23H,2,11-13H2,1H3,(H,22,25)/b10-8+/t17-,18+/m0/s1. The van der Waals surface area contributed by atoms with E-state index in [0.29, 0.717) is 13.0 Å². The molecule has 1 fully saturated rings. The van der Waals surface area contributed by atoms with Crippen LogP contribution in [0.2, 0.25) is 0 Å². The van der Waals surface area contributed by atoms with E-state index in [1.807, 2.05) is 24.3 Å². The maximum atomic E-state index is 13.0. The van der Waals surface area contributed by atoms with Crippen LogP contribution in [0.5, 0.6) is 0 Å². The number of hydrogen-bond acceptors (Lipinski definition) is 5. The Morgan fingerprint density at radius 3 is 2.72 bits per heavy atom. The predicted octanol–water partition coefficient (Wildman–Crippen LogP) is 2.13. The Morgan fingerprint density at radius 1 is 1.28 bits per heavy atom. The Labute approximate surface area is 170 Å². The molecule has 154 valence electrons. The zero-order valence-electron chi connectivity index (χ0n) is 16.1. The van der Waals surface area contributed by atoms with Crippen LogP contribution in [-0.4, -0.2) is 39.5 Å². The molecule has 2 atom stereocenters. The number of hydrogen-bond donors (Lipinski definition) is 2. The molecule has 2 aromatic carbocycles. The highest BCUT2D eigenvalue weighted by molar-refractivity contribution is 7.89. The van der Waals surface area contributed by atoms with Gasteiger partial charge in [-0.1, -0.05) is 36.4 Å². The molecule has 1 heterocycles. The second-order valence-corrected chi connectivity index (χ2v) is 8.57. The summed E-state index contributed by atoms with van der Waals surface area (Å²) in [6.45, 7) is 2.48. The summed E-state index contributed by atoms with van der Waals surface area (Å²) in [4.78, 5) is 23.7. The van der Waals surface area contributed by atoms with Crippen molar-refractivity contribution in [3.05, 3.63) is 54.6 Å². The van der Waals surface area contributed by atoms with Crippen molar-refractivity contribution in [1.82, 2.24) is 10.0 Å². The van der Waals surface area contributed by atoms with E-state index in [1.54, 1.807) is 25.1 Å². The fourth-order valence-electron chi connectivity index (χ4n) is 3.33. The number of carbonyl (C=O) groups is 2. The molecular weight excluding hydrogens is 392 g/mol. The Bertz CT molecular complexity index is 1030. The van der Waals surface area contributed by atoms with Crippen LogP contribution < -0.4 is 10.0 Å². The lowest BCUT2D eigenvalue weighted by Gasteiger charge is -2.18. The zero-order valence-corrected chi connectivity index (χ0v) is 16.9. The van der Waals surface area contributed by atoms with Crippen molar-refractivity contribution in [1.29, 1.82) is 0 Å². The van der Waals surface area contributed by atoms with E-state index < -0.39 is 22.0 Å². The lowest BCUT2D eigenvalue weighted by atomic mass is 9.99. The SMILES string of the molecule is CCOC(=O)/C=C/[C@H](C[C@@H]1CCNC1=O)NS(=O)(=O)c1ccc2ccccc2c1. The molecule has 2 aromatic rings. The molecule has 8 heteroatoms. The van der Waals surface area contributed by atoms with Gasteiger partial charge in [-0.3, -0.25) is 4.79 Å². The molecule has 0 aliphatic carbocycles. The van der Waals surface area contributed by atoms with E-state index in [4.69, 9.17) is 4.74 Å². The minimum Gasteiger partial charge on any atom is -0.463 e. The number of carbonyl (C=O) groups excluding carboxylic acids is 2. The molecule has 3 rings (SSSR count). The van der Waals surface area contributed by atoms with Gasteiger partial charge in [-0.15, -0.1) is 0 Å². The van der Waals surface area contributed by atoms with E-state index in [0.717, 1.165) is 10.8 Å². The van der Waals surface area contributed by atoms with E-state index >= 15 is 0 Å². The fraction of sp³-hybridized carbons (Fsp3) is 0.333. The van der Waals surface area contributed by atoms with E-state index in [9.17, 15) is 18.0 Å². The smallest absolute Gasteiger partial charge is 0.330 e. The zero-order chi connectivity index (χ0) is 20.9. The third-order valence-corrected chi connectivity index (χ3v) is 6.28. The number of fused-ring (bicyclic) bond motifs is 1. The van der Waals surface area contributed by atoms with Crippen LogP contribution >= 0.6 is 0 Å². The monoisotopic (exact) mass is 416 g/mol. The maximum Gasteiger partial charge on any atom is 0.330 e. The summed E-state index contributed by atoms with van der Waals surface area (Å²) in [6.07, 6.45) is 3.53. The Balaban J connectivity index is 1.83. The summed E-state index contributed by atoms with van der Waals surface area (Å²) >= 11 is 0. The maximum absolute atomic E-state index is 13.0. The van der Waals surface area contributed by atoms with Crippen molar-refractivity contribution in [3.8, 4) is 0 Å². The van der Waals surface area contributed by atoms with Gasteiger partial charge in [-0.2, -0.15) is 0 Å². The van der Waals surface area contributed by atoms with Crippen LogP contribution in [-0.2, 0) is 24.3 Å². The Kier molecular flexibility index (Phi) is 6.66. The minimum absolute atomic E-state index is 0.107. The minimum atomic E-state index is -3.86. The second kappa shape index (κ2) is 9.19. The summed E-state index contributed by atoms with van der Waals surface area (Å²) in [5, 5.41) is 4.49. The molecule has 1 aliphatic rings. The van der Waals surface area contributed by atoms with Crippen molar-refractivity contribution in [3.63, 3.8) is 0 Å². The van der Waals surface area contributed by atoms with Gasteiger partial charge < -0.3 is 10.1 Å². The first-order valence-electron chi connectivity index (χ1n) is 9.53. The molecule has 0 saturated carbocycles. The summed E-state index contributed by atoms with van der Waals surface area (Å²) in [6, 6.07) is 11.7. The van der Waals surface area contributed by atoms with Crippen LogP contribution in [0.15, 0.2) is 59.5 Å². The van der Waals surface area contributed by atoms with Crippen LogP contribution in [0.4, 0.5) is 0 Å². The number of sulfonamides is 1. The van der Waals surface area contributed by atoms with Gasteiger partial charge in [0.05, 0.1) is 11.5 Å². The van der Waals surface area contributed by atoms with Crippen molar-refractivity contribution < 1.29 is 22.7 Å². The Hall–Kier alpha value is -2.71. The molecule has 1 amide bonds. The molecule has 0 unspecified atom stereocenters. The number of nitrogens with one attached hydrogen (secondary N) is 2. The highest BCUT2D eigenvalue weighted by Gasteiger charge is 2.28. The molecule has 0 radical (unpaired) electrons. The summed E-state index contributed by atoms with van der Waals surface area (Å²) in [5.41, 5.74) is 0. The average Bonchev–Trinajstić information content (AvgIpc) is 3.10. The van der Waals surface area contributed by atoms with Crippen LogP contribution in [0.1, 0.15) is 19.8 Å². The van der Waals surface area contributed by atoms with Gasteiger partial charge in [-0.05, 0) is 42.7 Å². The molecule has 0 aromatic heterocycles. The lowest BCUT2D eigenvalue weighted by molar-refractivity contribution is -0.137. The third-order valence-electron chi connectivity index (χ3n) is 4.79. The van der Waals surface area contributed by atoms with Crippen molar-refractivity contribution >= 4 is 32.7 Å². The summed E-state index contributed by atoms with van der Waals surface area (Å²) in [5.74, 6) is -0.978. The molecule has 7 nitrogen and oxygen atoms in total. The van der Waals surface area contributed by atoms with Crippen LogP contribution in [0.3, 0.4) is 0 Å². The Morgan fingerprint density at radius 2 is 2.03 bits per heavy atom.